The van der Waals surface area contributed by atoms with Crippen LogP contribution in [0.3, 0.4) is 0 Å². The molecule has 1 atom stereocenters. The predicted octanol–water partition coefficient (Wildman–Crippen LogP) is 0.742. The number of carbonyl (C=O) groups excluding carboxylic acids is 1. The van der Waals surface area contributed by atoms with Gasteiger partial charge in [-0.2, -0.15) is 0 Å². The summed E-state index contributed by atoms with van der Waals surface area (Å²) in [6, 6.07) is 0.424. The molecule has 4 heteroatoms. The van der Waals surface area contributed by atoms with Gasteiger partial charge in [0.1, 0.15) is 0 Å². The van der Waals surface area contributed by atoms with Crippen molar-refractivity contribution >= 4 is 6.03 Å². The van der Waals surface area contributed by atoms with Crippen LogP contribution >= 0.6 is 0 Å². The molecule has 0 aliphatic carbocycles. The zero-order chi connectivity index (χ0) is 10.6. The number of rotatable bonds is 2. The molecule has 1 heterocycles. The summed E-state index contributed by atoms with van der Waals surface area (Å²) in [5.74, 6) is 0. The first-order valence-electron chi connectivity index (χ1n) is 5.34. The van der Waals surface area contributed by atoms with Gasteiger partial charge in [0.2, 0.25) is 0 Å². The van der Waals surface area contributed by atoms with Crippen molar-refractivity contribution in [3.8, 4) is 0 Å². The van der Waals surface area contributed by atoms with Crippen LogP contribution in [0.2, 0.25) is 0 Å². The van der Waals surface area contributed by atoms with Crippen LogP contribution in [0.25, 0.3) is 0 Å². The van der Waals surface area contributed by atoms with E-state index in [1.165, 1.54) is 6.42 Å². The first-order valence-corrected chi connectivity index (χ1v) is 5.34. The summed E-state index contributed by atoms with van der Waals surface area (Å²) in [4.78, 5) is 15.7. The number of hydrogen-bond acceptors (Lipinski definition) is 2. The van der Waals surface area contributed by atoms with E-state index < -0.39 is 0 Å². The fourth-order valence-corrected chi connectivity index (χ4v) is 1.90. The van der Waals surface area contributed by atoms with E-state index in [-0.39, 0.29) is 6.03 Å². The molecule has 2 amide bonds. The highest BCUT2D eigenvalue weighted by Gasteiger charge is 2.23. The van der Waals surface area contributed by atoms with Crippen LogP contribution in [0.4, 0.5) is 4.79 Å². The van der Waals surface area contributed by atoms with Crippen molar-refractivity contribution in [2.45, 2.75) is 25.8 Å². The first-order chi connectivity index (χ1) is 6.65. The molecular formula is C10H21N3O. The van der Waals surface area contributed by atoms with Crippen molar-refractivity contribution < 1.29 is 4.79 Å². The number of nitrogens with one attached hydrogen (secondary N) is 1. The van der Waals surface area contributed by atoms with Crippen molar-refractivity contribution in [2.24, 2.45) is 0 Å². The highest BCUT2D eigenvalue weighted by atomic mass is 16.2. The second kappa shape index (κ2) is 5.20. The summed E-state index contributed by atoms with van der Waals surface area (Å²) < 4.78 is 0. The van der Waals surface area contributed by atoms with Gasteiger partial charge in [0.05, 0.1) is 0 Å². The molecule has 0 aromatic heterocycles. The molecule has 0 bridgehead atoms. The monoisotopic (exact) mass is 199 g/mol. The number of nitrogens with zero attached hydrogens (tertiary/aromatic N) is 2. The molecule has 0 radical (unpaired) electrons. The summed E-state index contributed by atoms with van der Waals surface area (Å²) in [6.07, 6.45) is 2.31. The van der Waals surface area contributed by atoms with Crippen LogP contribution in [-0.4, -0.2) is 55.6 Å². The van der Waals surface area contributed by atoms with Crippen molar-refractivity contribution in [1.29, 1.82) is 0 Å². The standard InChI is InChI=1S/C10H21N3O/c1-4-11-10(14)13(3)9-6-5-7-12(2)8-9/h9H,4-8H2,1-3H3,(H,11,14). The molecule has 82 valence electrons. The Morgan fingerprint density at radius 2 is 2.36 bits per heavy atom. The van der Waals surface area contributed by atoms with E-state index >= 15 is 0 Å². The van der Waals surface area contributed by atoms with E-state index in [1.807, 2.05) is 18.9 Å². The van der Waals surface area contributed by atoms with Gasteiger partial charge < -0.3 is 15.1 Å². The molecule has 0 spiro atoms. The molecule has 1 saturated heterocycles. The molecule has 0 aromatic carbocycles. The fraction of sp³-hybridized carbons (Fsp3) is 0.900. The van der Waals surface area contributed by atoms with Gasteiger partial charge in [0.25, 0.3) is 0 Å². The molecule has 1 N–H and O–H groups in total. The number of amides is 2. The zero-order valence-corrected chi connectivity index (χ0v) is 9.42. The lowest BCUT2D eigenvalue weighted by Crippen LogP contribution is -2.50. The normalized spacial score (nSPS) is 23.2. The fourth-order valence-electron chi connectivity index (χ4n) is 1.90. The quantitative estimate of drug-likeness (QED) is 0.712. The number of carbonyl (C=O) groups is 1. The van der Waals surface area contributed by atoms with Gasteiger partial charge in [0.15, 0.2) is 0 Å². The number of likely N-dealkylation sites (tertiary alicyclic amines) is 1. The van der Waals surface area contributed by atoms with E-state index in [2.05, 4.69) is 17.3 Å². The van der Waals surface area contributed by atoms with Gasteiger partial charge >= 0.3 is 6.03 Å². The Bertz CT molecular complexity index is 196. The Morgan fingerprint density at radius 3 is 2.93 bits per heavy atom. The van der Waals surface area contributed by atoms with Gasteiger partial charge in [-0.25, -0.2) is 4.79 Å². The van der Waals surface area contributed by atoms with Crippen molar-refractivity contribution in [3.63, 3.8) is 0 Å². The summed E-state index contributed by atoms with van der Waals surface area (Å²) >= 11 is 0. The van der Waals surface area contributed by atoms with Crippen LogP contribution in [0.15, 0.2) is 0 Å². The number of hydrogen-bond donors (Lipinski definition) is 1. The van der Waals surface area contributed by atoms with E-state index in [4.69, 9.17) is 0 Å². The lowest BCUT2D eigenvalue weighted by Gasteiger charge is -2.35. The Kier molecular flexibility index (Phi) is 4.20. The Balaban J connectivity index is 2.42. The minimum atomic E-state index is 0.0489. The third kappa shape index (κ3) is 2.87. The third-order valence-corrected chi connectivity index (χ3v) is 2.80. The van der Waals surface area contributed by atoms with E-state index in [9.17, 15) is 4.79 Å². The topological polar surface area (TPSA) is 35.6 Å². The highest BCUT2D eigenvalue weighted by molar-refractivity contribution is 5.74. The molecule has 1 rings (SSSR count). The average molecular weight is 199 g/mol. The molecule has 1 fully saturated rings. The third-order valence-electron chi connectivity index (χ3n) is 2.80. The minimum absolute atomic E-state index is 0.0489. The lowest BCUT2D eigenvalue weighted by atomic mass is 10.1. The molecule has 14 heavy (non-hydrogen) atoms. The van der Waals surface area contributed by atoms with Crippen LogP contribution < -0.4 is 5.32 Å². The summed E-state index contributed by atoms with van der Waals surface area (Å²) in [5.41, 5.74) is 0. The predicted molar refractivity (Wildman–Crippen MR) is 57.4 cm³/mol. The largest absolute Gasteiger partial charge is 0.338 e. The Morgan fingerprint density at radius 1 is 1.64 bits per heavy atom. The molecule has 1 aliphatic heterocycles. The van der Waals surface area contributed by atoms with Gasteiger partial charge in [-0.3, -0.25) is 0 Å². The maximum absolute atomic E-state index is 11.5. The van der Waals surface area contributed by atoms with Crippen LogP contribution in [-0.2, 0) is 0 Å². The smallest absolute Gasteiger partial charge is 0.317 e. The van der Waals surface area contributed by atoms with Crippen LogP contribution in [0.5, 0.6) is 0 Å². The molecule has 0 saturated carbocycles. The first kappa shape index (κ1) is 11.3. The maximum atomic E-state index is 11.5. The van der Waals surface area contributed by atoms with Crippen molar-refractivity contribution in [2.75, 3.05) is 33.7 Å². The number of urea groups is 1. The molecule has 0 aromatic rings. The van der Waals surface area contributed by atoms with Crippen molar-refractivity contribution in [3.05, 3.63) is 0 Å². The van der Waals surface area contributed by atoms with E-state index in [0.717, 1.165) is 19.5 Å². The Labute approximate surface area is 86.2 Å². The van der Waals surface area contributed by atoms with Crippen LogP contribution in [0, 0.1) is 0 Å². The number of piperidine rings is 1. The van der Waals surface area contributed by atoms with E-state index in [0.29, 0.717) is 12.6 Å². The average Bonchev–Trinajstić information content (AvgIpc) is 2.17. The van der Waals surface area contributed by atoms with Crippen molar-refractivity contribution in [1.82, 2.24) is 15.1 Å². The second-order valence-corrected chi connectivity index (χ2v) is 4.00. The summed E-state index contributed by atoms with van der Waals surface area (Å²) in [7, 11) is 3.99. The molecular weight excluding hydrogens is 178 g/mol. The molecule has 4 nitrogen and oxygen atoms in total. The minimum Gasteiger partial charge on any atom is -0.338 e. The van der Waals surface area contributed by atoms with Gasteiger partial charge in [-0.1, -0.05) is 0 Å². The number of likely N-dealkylation sites (N-methyl/N-ethyl adjacent to an activating group) is 2. The summed E-state index contributed by atoms with van der Waals surface area (Å²) in [6.45, 7) is 4.79. The van der Waals surface area contributed by atoms with E-state index in [1.54, 1.807) is 0 Å². The summed E-state index contributed by atoms with van der Waals surface area (Å²) in [5, 5.41) is 2.83. The Hall–Kier alpha value is -0.770. The van der Waals surface area contributed by atoms with Gasteiger partial charge in [-0.15, -0.1) is 0 Å². The zero-order valence-electron chi connectivity index (χ0n) is 9.42. The van der Waals surface area contributed by atoms with Gasteiger partial charge in [-0.05, 0) is 33.4 Å². The second-order valence-electron chi connectivity index (χ2n) is 4.00. The van der Waals surface area contributed by atoms with Gasteiger partial charge in [0, 0.05) is 26.2 Å². The lowest BCUT2D eigenvalue weighted by molar-refractivity contribution is 0.141. The maximum Gasteiger partial charge on any atom is 0.317 e. The molecule has 1 aliphatic rings. The van der Waals surface area contributed by atoms with Crippen LogP contribution in [0.1, 0.15) is 19.8 Å². The SMILES string of the molecule is CCNC(=O)N(C)C1CCCN(C)C1. The molecule has 1 unspecified atom stereocenters. The highest BCUT2D eigenvalue weighted by Crippen LogP contribution is 2.13.